The molecule has 0 aliphatic heterocycles. The third kappa shape index (κ3) is 0.381. The molecule has 0 aromatic carbocycles. The normalized spacial score (nSPS) is 8.83. The number of imidazole rings is 1. The van der Waals surface area contributed by atoms with E-state index in [1.165, 1.54) is 6.20 Å². The average Bonchev–Trinajstić information content (AvgIpc) is 1.86. The van der Waals surface area contributed by atoms with Crippen LogP contribution in [0.15, 0.2) is 6.20 Å². The lowest BCUT2D eigenvalue weighted by atomic mass is 11.0. The summed E-state index contributed by atoms with van der Waals surface area (Å²) in [6, 6.07) is 0. The van der Waals surface area contributed by atoms with E-state index in [9.17, 15) is 4.39 Å². The van der Waals surface area contributed by atoms with Crippen molar-refractivity contribution in [2.75, 3.05) is 0 Å². The summed E-state index contributed by atoms with van der Waals surface area (Å²) in [5, 5.41) is 0. The van der Waals surface area contributed by atoms with Crippen molar-refractivity contribution in [3.63, 3.8) is 0 Å². The van der Waals surface area contributed by atoms with Gasteiger partial charge in [-0.2, -0.15) is 4.39 Å². The molecule has 1 rings (SSSR count). The van der Waals surface area contributed by atoms with Gasteiger partial charge in [0.05, 0.1) is 0 Å². The molecular formula is C3H2FN2. The lowest BCUT2D eigenvalue weighted by Crippen LogP contribution is -1.68. The molecule has 0 saturated carbocycles. The predicted octanol–water partition coefficient (Wildman–Crippen LogP) is 0.349. The van der Waals surface area contributed by atoms with Gasteiger partial charge in [0.15, 0.2) is 0 Å². The zero-order valence-electron chi connectivity index (χ0n) is 2.90. The maximum Gasteiger partial charge on any atom is 0.287 e. The molecule has 0 bridgehead atoms. The summed E-state index contributed by atoms with van der Waals surface area (Å²) in [6.45, 7) is 0. The third-order valence-corrected chi connectivity index (χ3v) is 0.419. The fraction of sp³-hybridized carbons (Fsp3) is 0. The highest BCUT2D eigenvalue weighted by molar-refractivity contribution is 4.65. The average molecular weight is 85.1 g/mol. The maximum absolute atomic E-state index is 11.5. The standard InChI is InChI=1S/C3H2FN2/c4-3-5-1-2-6-3/h1H,(H,5,6). The van der Waals surface area contributed by atoms with Gasteiger partial charge in [0.1, 0.15) is 6.20 Å². The van der Waals surface area contributed by atoms with Gasteiger partial charge in [-0.15, -0.1) is 0 Å². The minimum Gasteiger partial charge on any atom is -0.320 e. The lowest BCUT2D eigenvalue weighted by molar-refractivity contribution is 0.552. The van der Waals surface area contributed by atoms with Crippen LogP contribution in [0.3, 0.4) is 0 Å². The summed E-state index contributed by atoms with van der Waals surface area (Å²) in [5.74, 6) is 0. The SMILES string of the molecule is Fc1n[c]c[nH]1. The lowest BCUT2D eigenvalue weighted by Gasteiger charge is -1.62. The largest absolute Gasteiger partial charge is 0.320 e. The Kier molecular flexibility index (Phi) is 0.602. The third-order valence-electron chi connectivity index (χ3n) is 0.419. The summed E-state index contributed by atoms with van der Waals surface area (Å²) in [4.78, 5) is 5.24. The van der Waals surface area contributed by atoms with Crippen LogP contribution in [0, 0.1) is 12.3 Å². The minimum atomic E-state index is -0.588. The van der Waals surface area contributed by atoms with Crippen molar-refractivity contribution >= 4 is 0 Å². The fourth-order valence-electron chi connectivity index (χ4n) is 0.213. The number of nitrogens with zero attached hydrogens (tertiary/aromatic N) is 1. The number of halogens is 1. The molecule has 0 atom stereocenters. The molecule has 1 heterocycles. The summed E-state index contributed by atoms with van der Waals surface area (Å²) in [6.07, 6.45) is 2.96. The molecule has 0 saturated heterocycles. The Hall–Kier alpha value is -0.860. The molecule has 0 amide bonds. The van der Waals surface area contributed by atoms with E-state index in [0.29, 0.717) is 0 Å². The van der Waals surface area contributed by atoms with E-state index in [1.54, 1.807) is 0 Å². The second-order valence-electron chi connectivity index (χ2n) is 0.820. The second-order valence-corrected chi connectivity index (χ2v) is 0.820. The van der Waals surface area contributed by atoms with Crippen molar-refractivity contribution in [1.29, 1.82) is 0 Å². The molecular weight excluding hydrogens is 83.0 g/mol. The Labute approximate surface area is 34.0 Å². The molecule has 6 heavy (non-hydrogen) atoms. The number of rotatable bonds is 0. The number of nitrogens with one attached hydrogen (secondary N) is 1. The first-order chi connectivity index (χ1) is 2.89. The Morgan fingerprint density at radius 3 is 3.00 bits per heavy atom. The van der Waals surface area contributed by atoms with Crippen molar-refractivity contribution in [3.8, 4) is 0 Å². The van der Waals surface area contributed by atoms with Crippen LogP contribution in [0.25, 0.3) is 0 Å². The molecule has 0 aliphatic rings. The van der Waals surface area contributed by atoms with E-state index in [2.05, 4.69) is 16.2 Å². The van der Waals surface area contributed by atoms with Gasteiger partial charge >= 0.3 is 0 Å². The number of aromatic amines is 1. The Morgan fingerprint density at radius 1 is 2.00 bits per heavy atom. The second kappa shape index (κ2) is 1.08. The van der Waals surface area contributed by atoms with Crippen molar-refractivity contribution in [2.24, 2.45) is 0 Å². The first kappa shape index (κ1) is 3.33. The highest BCUT2D eigenvalue weighted by atomic mass is 19.1. The van der Waals surface area contributed by atoms with Crippen molar-refractivity contribution in [1.82, 2.24) is 9.97 Å². The topological polar surface area (TPSA) is 28.7 Å². The molecule has 2 nitrogen and oxygen atoms in total. The van der Waals surface area contributed by atoms with Crippen LogP contribution in [-0.2, 0) is 0 Å². The van der Waals surface area contributed by atoms with Crippen LogP contribution >= 0.6 is 0 Å². The quantitative estimate of drug-likeness (QED) is 0.483. The highest BCUT2D eigenvalue weighted by Crippen LogP contribution is 1.77. The van der Waals surface area contributed by atoms with E-state index >= 15 is 0 Å². The van der Waals surface area contributed by atoms with Gasteiger partial charge in [0.2, 0.25) is 0 Å². The first-order valence-electron chi connectivity index (χ1n) is 1.46. The molecule has 1 radical (unpaired) electrons. The van der Waals surface area contributed by atoms with E-state index in [4.69, 9.17) is 0 Å². The molecule has 1 aromatic heterocycles. The molecule has 1 aromatic rings. The van der Waals surface area contributed by atoms with E-state index in [-0.39, 0.29) is 0 Å². The predicted molar refractivity (Wildman–Crippen MR) is 17.4 cm³/mol. The molecule has 0 unspecified atom stereocenters. The summed E-state index contributed by atoms with van der Waals surface area (Å²) in [7, 11) is 0. The molecule has 1 N–H and O–H groups in total. The van der Waals surface area contributed by atoms with E-state index in [0.717, 1.165) is 0 Å². The van der Waals surface area contributed by atoms with Crippen molar-refractivity contribution in [3.05, 3.63) is 18.5 Å². The zero-order chi connectivity index (χ0) is 4.41. The summed E-state index contributed by atoms with van der Waals surface area (Å²) >= 11 is 0. The van der Waals surface area contributed by atoms with Crippen LogP contribution < -0.4 is 0 Å². The van der Waals surface area contributed by atoms with Gasteiger partial charge < -0.3 is 4.98 Å². The van der Waals surface area contributed by atoms with Gasteiger partial charge in [0.25, 0.3) is 6.08 Å². The first-order valence-corrected chi connectivity index (χ1v) is 1.46. The van der Waals surface area contributed by atoms with Gasteiger partial charge in [-0.05, 0) is 0 Å². The summed E-state index contributed by atoms with van der Waals surface area (Å²) < 4.78 is 11.5. The fourth-order valence-corrected chi connectivity index (χ4v) is 0.213. The number of hydrogen-bond donors (Lipinski definition) is 1. The van der Waals surface area contributed by atoms with Gasteiger partial charge in [-0.3, -0.25) is 0 Å². The number of hydrogen-bond acceptors (Lipinski definition) is 1. The van der Waals surface area contributed by atoms with Crippen LogP contribution in [0.4, 0.5) is 4.39 Å². The van der Waals surface area contributed by atoms with Crippen LogP contribution in [0.5, 0.6) is 0 Å². The molecule has 0 fully saturated rings. The summed E-state index contributed by atoms with van der Waals surface area (Å²) in [5.41, 5.74) is 0. The Morgan fingerprint density at radius 2 is 2.83 bits per heavy atom. The Bertz CT molecular complexity index is 112. The van der Waals surface area contributed by atoms with Crippen LogP contribution in [-0.4, -0.2) is 9.97 Å². The van der Waals surface area contributed by atoms with E-state index < -0.39 is 6.08 Å². The number of aromatic nitrogens is 2. The van der Waals surface area contributed by atoms with Crippen LogP contribution in [0.2, 0.25) is 0 Å². The van der Waals surface area contributed by atoms with Crippen molar-refractivity contribution < 1.29 is 4.39 Å². The zero-order valence-corrected chi connectivity index (χ0v) is 2.90. The molecule has 0 spiro atoms. The highest BCUT2D eigenvalue weighted by Gasteiger charge is 1.80. The maximum atomic E-state index is 11.5. The van der Waals surface area contributed by atoms with Gasteiger partial charge in [0, 0.05) is 6.20 Å². The smallest absolute Gasteiger partial charge is 0.287 e. The molecule has 0 aliphatic carbocycles. The van der Waals surface area contributed by atoms with Crippen molar-refractivity contribution in [2.45, 2.75) is 0 Å². The minimum absolute atomic E-state index is 0.588. The number of H-pyrrole nitrogens is 1. The van der Waals surface area contributed by atoms with Crippen LogP contribution in [0.1, 0.15) is 0 Å². The van der Waals surface area contributed by atoms with Gasteiger partial charge in [-0.25, -0.2) is 4.98 Å². The molecule has 31 valence electrons. The van der Waals surface area contributed by atoms with Gasteiger partial charge in [-0.1, -0.05) is 0 Å². The monoisotopic (exact) mass is 85.0 g/mol. The van der Waals surface area contributed by atoms with E-state index in [1.807, 2.05) is 0 Å². The Balaban J connectivity index is 3.05. The molecule has 3 heteroatoms.